The number of methoxy groups -OCH3 is 1. The first-order valence-corrected chi connectivity index (χ1v) is 12.9. The van der Waals surface area contributed by atoms with E-state index in [9.17, 15) is 14.4 Å². The highest BCUT2D eigenvalue weighted by Gasteiger charge is 2.33. The van der Waals surface area contributed by atoms with Gasteiger partial charge in [-0.2, -0.15) is 0 Å². The molecule has 0 fully saturated rings. The molecule has 0 aliphatic carbocycles. The lowest BCUT2D eigenvalue weighted by molar-refractivity contribution is -0.136. The molecule has 8 nitrogen and oxygen atoms in total. The van der Waals surface area contributed by atoms with E-state index in [1.165, 1.54) is 29.9 Å². The van der Waals surface area contributed by atoms with Crippen LogP contribution in [0.5, 0.6) is 17.2 Å². The summed E-state index contributed by atoms with van der Waals surface area (Å²) < 4.78 is 18.1. The Labute approximate surface area is 227 Å². The summed E-state index contributed by atoms with van der Waals surface area (Å²) in [5.41, 5.74) is 1.85. The van der Waals surface area contributed by atoms with Crippen LogP contribution in [0.15, 0.2) is 99.9 Å². The van der Waals surface area contributed by atoms with Crippen molar-refractivity contribution in [1.82, 2.24) is 4.57 Å². The summed E-state index contributed by atoms with van der Waals surface area (Å²) >= 11 is 1.23. The highest BCUT2D eigenvalue weighted by molar-refractivity contribution is 7.07. The molecule has 0 saturated heterocycles. The van der Waals surface area contributed by atoms with Gasteiger partial charge in [0.05, 0.1) is 29.0 Å². The number of nitrogens with zero attached hydrogens (tertiary/aromatic N) is 2. The summed E-state index contributed by atoms with van der Waals surface area (Å²) in [5.74, 6) is 0.679. The zero-order valence-electron chi connectivity index (χ0n) is 21.4. The largest absolute Gasteiger partial charge is 0.466 e. The van der Waals surface area contributed by atoms with E-state index in [1.54, 1.807) is 37.3 Å². The number of allylic oxidation sites excluding steroid dienone is 1. The van der Waals surface area contributed by atoms with Crippen LogP contribution in [-0.2, 0) is 14.3 Å². The maximum atomic E-state index is 13.8. The second-order valence-electron chi connectivity index (χ2n) is 8.72. The maximum absolute atomic E-state index is 13.8. The molecular weight excluding hydrogens is 516 g/mol. The molecular formula is C30H24N2O6S. The molecule has 1 aliphatic rings. The molecule has 4 aromatic rings. The number of carbonyl (C=O) groups is 2. The summed E-state index contributed by atoms with van der Waals surface area (Å²) in [5, 5.41) is 0. The van der Waals surface area contributed by atoms with Gasteiger partial charge in [-0.05, 0) is 60.5 Å². The van der Waals surface area contributed by atoms with Gasteiger partial charge in [-0.1, -0.05) is 53.8 Å². The molecule has 0 spiro atoms. The van der Waals surface area contributed by atoms with E-state index in [4.69, 9.17) is 14.2 Å². The molecule has 1 unspecified atom stereocenters. The van der Waals surface area contributed by atoms with Gasteiger partial charge in [0.1, 0.15) is 17.2 Å². The fourth-order valence-corrected chi connectivity index (χ4v) is 5.38. The van der Waals surface area contributed by atoms with Gasteiger partial charge >= 0.3 is 11.9 Å². The van der Waals surface area contributed by atoms with Gasteiger partial charge < -0.3 is 14.2 Å². The third-order valence-corrected chi connectivity index (χ3v) is 7.00. The van der Waals surface area contributed by atoms with E-state index >= 15 is 0 Å². The van der Waals surface area contributed by atoms with E-state index in [0.717, 1.165) is 5.56 Å². The summed E-state index contributed by atoms with van der Waals surface area (Å²) in [4.78, 5) is 43.0. The highest BCUT2D eigenvalue weighted by Crippen LogP contribution is 2.31. The standard InChI is InChI=1S/C30H24N2O6S/c1-18-26(29(35)36-3)27(21-12-14-23(15-13-21)37-19(2)33)32-28(34)25(39-30(32)31-18)17-20-8-7-11-24(16-20)38-22-9-5-4-6-10-22/h4-17,27H,1-3H3/b25-17-. The average molecular weight is 541 g/mol. The van der Waals surface area contributed by atoms with Gasteiger partial charge in [-0.15, -0.1) is 0 Å². The highest BCUT2D eigenvalue weighted by atomic mass is 32.1. The number of ether oxygens (including phenoxy) is 3. The van der Waals surface area contributed by atoms with Crippen LogP contribution in [-0.4, -0.2) is 23.6 Å². The lowest BCUT2D eigenvalue weighted by atomic mass is 9.96. The van der Waals surface area contributed by atoms with E-state index < -0.39 is 18.0 Å². The molecule has 0 radical (unpaired) electrons. The van der Waals surface area contributed by atoms with Crippen molar-refractivity contribution in [2.24, 2.45) is 4.99 Å². The van der Waals surface area contributed by atoms with Crippen LogP contribution in [0.4, 0.5) is 0 Å². The van der Waals surface area contributed by atoms with Crippen molar-refractivity contribution in [2.45, 2.75) is 19.9 Å². The first-order valence-electron chi connectivity index (χ1n) is 12.1. The molecule has 3 aromatic carbocycles. The molecule has 1 aliphatic heterocycles. The van der Waals surface area contributed by atoms with Crippen molar-refractivity contribution in [3.8, 4) is 17.2 Å². The molecule has 196 valence electrons. The predicted octanol–water partition coefficient (Wildman–Crippen LogP) is 4.13. The Morgan fingerprint density at radius 2 is 1.67 bits per heavy atom. The lowest BCUT2D eigenvalue weighted by Gasteiger charge is -2.24. The maximum Gasteiger partial charge on any atom is 0.338 e. The van der Waals surface area contributed by atoms with Crippen LogP contribution in [0.25, 0.3) is 6.08 Å². The molecule has 9 heteroatoms. The van der Waals surface area contributed by atoms with E-state index in [1.807, 2.05) is 54.6 Å². The van der Waals surface area contributed by atoms with Crippen molar-refractivity contribution in [3.05, 3.63) is 121 Å². The number of hydrogen-bond acceptors (Lipinski definition) is 8. The van der Waals surface area contributed by atoms with Gasteiger partial charge in [-0.3, -0.25) is 14.2 Å². The summed E-state index contributed by atoms with van der Waals surface area (Å²) in [6.45, 7) is 3.03. The van der Waals surface area contributed by atoms with E-state index in [2.05, 4.69) is 4.99 Å². The quantitative estimate of drug-likeness (QED) is 0.270. The van der Waals surface area contributed by atoms with Crippen LogP contribution < -0.4 is 24.4 Å². The molecule has 0 N–H and O–H groups in total. The number of para-hydroxylation sites is 1. The number of hydrogen-bond donors (Lipinski definition) is 0. The fourth-order valence-electron chi connectivity index (χ4n) is 4.34. The second-order valence-corrected chi connectivity index (χ2v) is 9.73. The minimum Gasteiger partial charge on any atom is -0.466 e. The number of esters is 2. The smallest absolute Gasteiger partial charge is 0.338 e. The van der Waals surface area contributed by atoms with Crippen LogP contribution in [0, 0.1) is 0 Å². The van der Waals surface area contributed by atoms with Gasteiger partial charge in [0.2, 0.25) is 0 Å². The Morgan fingerprint density at radius 1 is 0.949 bits per heavy atom. The van der Waals surface area contributed by atoms with Crippen molar-refractivity contribution < 1.29 is 23.8 Å². The number of thiazole rings is 1. The third-order valence-electron chi connectivity index (χ3n) is 6.02. The molecule has 0 bridgehead atoms. The van der Waals surface area contributed by atoms with E-state index in [-0.39, 0.29) is 11.1 Å². The van der Waals surface area contributed by atoms with Crippen LogP contribution in [0.2, 0.25) is 0 Å². The molecule has 5 rings (SSSR count). The Bertz CT molecular complexity index is 1770. The van der Waals surface area contributed by atoms with Gasteiger partial charge in [0, 0.05) is 6.92 Å². The summed E-state index contributed by atoms with van der Waals surface area (Å²) in [7, 11) is 1.29. The monoisotopic (exact) mass is 540 g/mol. The summed E-state index contributed by atoms with van der Waals surface area (Å²) in [6, 6.07) is 22.8. The normalized spacial score (nSPS) is 14.8. The second kappa shape index (κ2) is 10.9. The van der Waals surface area contributed by atoms with Crippen molar-refractivity contribution in [2.75, 3.05) is 7.11 Å². The topological polar surface area (TPSA) is 96.2 Å². The SMILES string of the molecule is COC(=O)C1=C(C)N=c2s/c(=C\c3cccc(Oc4ccccc4)c3)c(=O)n2C1c1ccc(OC(C)=O)cc1. The molecule has 1 aromatic heterocycles. The van der Waals surface area contributed by atoms with Crippen molar-refractivity contribution in [1.29, 1.82) is 0 Å². The molecule has 0 saturated carbocycles. The van der Waals surface area contributed by atoms with E-state index in [0.29, 0.717) is 37.8 Å². The molecule has 1 atom stereocenters. The van der Waals surface area contributed by atoms with Crippen LogP contribution >= 0.6 is 11.3 Å². The Morgan fingerprint density at radius 3 is 2.36 bits per heavy atom. The zero-order valence-corrected chi connectivity index (χ0v) is 22.2. The molecule has 0 amide bonds. The van der Waals surface area contributed by atoms with Crippen molar-refractivity contribution in [3.63, 3.8) is 0 Å². The Kier molecular flexibility index (Phi) is 7.25. The number of aromatic nitrogens is 1. The minimum atomic E-state index is -0.769. The number of fused-ring (bicyclic) bond motifs is 1. The number of benzene rings is 3. The molecule has 2 heterocycles. The van der Waals surface area contributed by atoms with Gasteiger partial charge in [0.15, 0.2) is 4.80 Å². The third kappa shape index (κ3) is 5.44. The fraction of sp³-hybridized carbons (Fsp3) is 0.133. The average Bonchev–Trinajstić information content (AvgIpc) is 3.22. The Hall–Kier alpha value is -4.76. The number of carbonyl (C=O) groups excluding carboxylic acids is 2. The van der Waals surface area contributed by atoms with Crippen LogP contribution in [0.3, 0.4) is 0 Å². The number of rotatable bonds is 6. The summed E-state index contributed by atoms with van der Waals surface area (Å²) in [6.07, 6.45) is 1.78. The first-order chi connectivity index (χ1) is 18.8. The predicted molar refractivity (Wildman–Crippen MR) is 146 cm³/mol. The minimum absolute atomic E-state index is 0.259. The molecule has 39 heavy (non-hydrogen) atoms. The Balaban J connectivity index is 1.59. The van der Waals surface area contributed by atoms with Gasteiger partial charge in [0.25, 0.3) is 5.56 Å². The lowest BCUT2D eigenvalue weighted by Crippen LogP contribution is -2.39. The van der Waals surface area contributed by atoms with Crippen molar-refractivity contribution >= 4 is 29.4 Å². The zero-order chi connectivity index (χ0) is 27.5. The first kappa shape index (κ1) is 25.9. The van der Waals surface area contributed by atoms with Crippen LogP contribution in [0.1, 0.15) is 31.0 Å². The van der Waals surface area contributed by atoms with Gasteiger partial charge in [-0.25, -0.2) is 9.79 Å².